The highest BCUT2D eigenvalue weighted by atomic mass is 32.1. The summed E-state index contributed by atoms with van der Waals surface area (Å²) >= 11 is 1.39. The molecular formula is C17H19N3O2S. The van der Waals surface area contributed by atoms with Crippen LogP contribution in [0.25, 0.3) is 0 Å². The Bertz CT molecular complexity index is 721. The van der Waals surface area contributed by atoms with Crippen molar-refractivity contribution >= 4 is 34.5 Å². The highest BCUT2D eigenvalue weighted by Gasteiger charge is 2.25. The molecule has 5 nitrogen and oxygen atoms in total. The van der Waals surface area contributed by atoms with Gasteiger partial charge in [0.05, 0.1) is 10.4 Å². The number of nitrogens with one attached hydrogen (secondary N) is 2. The normalized spacial score (nSPS) is 13.5. The monoisotopic (exact) mass is 329 g/mol. The maximum atomic E-state index is 12.4. The molecule has 1 aliphatic carbocycles. The summed E-state index contributed by atoms with van der Waals surface area (Å²) in [6, 6.07) is 9.30. The van der Waals surface area contributed by atoms with Gasteiger partial charge in [-0.1, -0.05) is 6.07 Å². The van der Waals surface area contributed by atoms with Crippen LogP contribution in [0.2, 0.25) is 0 Å². The molecule has 0 unspecified atom stereocenters. The quantitative estimate of drug-likeness (QED) is 0.886. The molecule has 6 heteroatoms. The van der Waals surface area contributed by atoms with Gasteiger partial charge in [-0.15, -0.1) is 11.3 Å². The van der Waals surface area contributed by atoms with Crippen LogP contribution >= 0.6 is 11.3 Å². The minimum atomic E-state index is -0.161. The Morgan fingerprint density at radius 3 is 2.57 bits per heavy atom. The van der Waals surface area contributed by atoms with E-state index < -0.39 is 0 Å². The van der Waals surface area contributed by atoms with Crippen LogP contribution in [0.15, 0.2) is 35.7 Å². The predicted octanol–water partition coefficient (Wildman–Crippen LogP) is 2.96. The molecule has 23 heavy (non-hydrogen) atoms. The lowest BCUT2D eigenvalue weighted by molar-refractivity contribution is 0.0950. The second kappa shape index (κ2) is 6.42. The second-order valence-corrected chi connectivity index (χ2v) is 6.75. The number of anilines is 2. The van der Waals surface area contributed by atoms with E-state index in [0.717, 1.165) is 18.5 Å². The highest BCUT2D eigenvalue weighted by molar-refractivity contribution is 7.12. The van der Waals surface area contributed by atoms with E-state index in [1.165, 1.54) is 11.3 Å². The highest BCUT2D eigenvalue weighted by Crippen LogP contribution is 2.26. The average molecular weight is 329 g/mol. The van der Waals surface area contributed by atoms with E-state index in [1.54, 1.807) is 12.1 Å². The topological polar surface area (TPSA) is 61.4 Å². The van der Waals surface area contributed by atoms with Crippen LogP contribution in [0.3, 0.4) is 0 Å². The van der Waals surface area contributed by atoms with Gasteiger partial charge in [0.15, 0.2) is 0 Å². The molecule has 1 heterocycles. The van der Waals surface area contributed by atoms with Gasteiger partial charge in [0.25, 0.3) is 11.8 Å². The van der Waals surface area contributed by atoms with Crippen molar-refractivity contribution in [2.75, 3.05) is 24.3 Å². The third-order valence-corrected chi connectivity index (χ3v) is 4.51. The van der Waals surface area contributed by atoms with E-state index in [-0.39, 0.29) is 11.8 Å². The zero-order chi connectivity index (χ0) is 16.4. The Morgan fingerprint density at radius 1 is 1.17 bits per heavy atom. The molecule has 1 aromatic carbocycles. The zero-order valence-electron chi connectivity index (χ0n) is 13.1. The third-order valence-electron chi connectivity index (χ3n) is 3.64. The fraction of sp³-hybridized carbons (Fsp3) is 0.294. The Hall–Kier alpha value is -2.34. The first kappa shape index (κ1) is 15.6. The largest absolute Gasteiger partial charge is 0.377 e. The summed E-state index contributed by atoms with van der Waals surface area (Å²) in [6.07, 6.45) is 2.08. The molecule has 2 N–H and O–H groups in total. The molecule has 2 aromatic rings. The second-order valence-electron chi connectivity index (χ2n) is 5.81. The number of hydrogen-bond acceptors (Lipinski definition) is 4. The minimum Gasteiger partial charge on any atom is -0.377 e. The van der Waals surface area contributed by atoms with Gasteiger partial charge in [-0.05, 0) is 42.5 Å². The molecule has 0 radical (unpaired) electrons. The van der Waals surface area contributed by atoms with E-state index in [9.17, 15) is 9.59 Å². The van der Waals surface area contributed by atoms with E-state index in [2.05, 4.69) is 10.6 Å². The standard InChI is InChI=1S/C17H19N3O2S/c1-20(2)14-8-7-12(19-17(22)15-4-3-9-23-15)10-13(14)16(21)18-11-5-6-11/h3-4,7-11H,5-6H2,1-2H3,(H,18,21)(H,19,22). The van der Waals surface area contributed by atoms with Crippen molar-refractivity contribution < 1.29 is 9.59 Å². The first-order valence-corrected chi connectivity index (χ1v) is 8.39. The van der Waals surface area contributed by atoms with Crippen molar-refractivity contribution in [2.24, 2.45) is 0 Å². The zero-order valence-corrected chi connectivity index (χ0v) is 13.9. The smallest absolute Gasteiger partial charge is 0.265 e. The van der Waals surface area contributed by atoms with Gasteiger partial charge in [-0.2, -0.15) is 0 Å². The summed E-state index contributed by atoms with van der Waals surface area (Å²) in [5, 5.41) is 7.70. The van der Waals surface area contributed by atoms with Crippen LogP contribution in [0, 0.1) is 0 Å². The first-order valence-electron chi connectivity index (χ1n) is 7.51. The van der Waals surface area contributed by atoms with Crippen LogP contribution in [0.4, 0.5) is 11.4 Å². The summed E-state index contributed by atoms with van der Waals surface area (Å²) in [7, 11) is 3.79. The van der Waals surface area contributed by atoms with Crippen molar-refractivity contribution in [3.8, 4) is 0 Å². The van der Waals surface area contributed by atoms with Crippen molar-refractivity contribution in [3.05, 3.63) is 46.2 Å². The van der Waals surface area contributed by atoms with Gasteiger partial charge in [0.2, 0.25) is 0 Å². The van der Waals surface area contributed by atoms with Gasteiger partial charge >= 0.3 is 0 Å². The van der Waals surface area contributed by atoms with Gasteiger partial charge in [-0.25, -0.2) is 0 Å². The average Bonchev–Trinajstić information content (AvgIpc) is 3.16. The van der Waals surface area contributed by atoms with E-state index in [4.69, 9.17) is 0 Å². The lowest BCUT2D eigenvalue weighted by Crippen LogP contribution is -2.27. The van der Waals surface area contributed by atoms with Crippen LogP contribution in [0.5, 0.6) is 0 Å². The summed E-state index contributed by atoms with van der Waals surface area (Å²) in [5.74, 6) is -0.255. The number of carbonyl (C=O) groups excluding carboxylic acids is 2. The molecule has 1 saturated carbocycles. The number of rotatable bonds is 5. The fourth-order valence-electron chi connectivity index (χ4n) is 2.28. The molecule has 1 aliphatic rings. The van der Waals surface area contributed by atoms with E-state index in [0.29, 0.717) is 22.2 Å². The molecule has 0 aliphatic heterocycles. The van der Waals surface area contributed by atoms with Crippen LogP contribution in [0.1, 0.15) is 32.9 Å². The fourth-order valence-corrected chi connectivity index (χ4v) is 2.90. The molecule has 0 spiro atoms. The summed E-state index contributed by atoms with van der Waals surface area (Å²) < 4.78 is 0. The minimum absolute atomic E-state index is 0.0941. The Labute approximate surface area is 139 Å². The van der Waals surface area contributed by atoms with Crippen molar-refractivity contribution in [1.29, 1.82) is 0 Å². The molecular weight excluding hydrogens is 310 g/mol. The van der Waals surface area contributed by atoms with Crippen LogP contribution in [-0.4, -0.2) is 32.0 Å². The molecule has 2 amide bonds. The number of benzene rings is 1. The predicted molar refractivity (Wildman–Crippen MR) is 93.5 cm³/mol. The SMILES string of the molecule is CN(C)c1ccc(NC(=O)c2cccs2)cc1C(=O)NC1CC1. The number of amides is 2. The summed E-state index contributed by atoms with van der Waals surface area (Å²) in [5.41, 5.74) is 2.03. The van der Waals surface area contributed by atoms with Gasteiger partial charge in [0.1, 0.15) is 0 Å². The van der Waals surface area contributed by atoms with Crippen molar-refractivity contribution in [2.45, 2.75) is 18.9 Å². The summed E-state index contributed by atoms with van der Waals surface area (Å²) in [6.45, 7) is 0. The summed E-state index contributed by atoms with van der Waals surface area (Å²) in [4.78, 5) is 27.1. The van der Waals surface area contributed by atoms with Crippen molar-refractivity contribution in [3.63, 3.8) is 0 Å². The maximum absolute atomic E-state index is 12.4. The Morgan fingerprint density at radius 2 is 1.96 bits per heavy atom. The first-order chi connectivity index (χ1) is 11.0. The lowest BCUT2D eigenvalue weighted by atomic mass is 10.1. The molecule has 0 atom stereocenters. The number of nitrogens with zero attached hydrogens (tertiary/aromatic N) is 1. The van der Waals surface area contributed by atoms with Gasteiger partial charge in [-0.3, -0.25) is 9.59 Å². The Balaban J connectivity index is 1.83. The van der Waals surface area contributed by atoms with Crippen LogP contribution in [-0.2, 0) is 0 Å². The maximum Gasteiger partial charge on any atom is 0.265 e. The van der Waals surface area contributed by atoms with Crippen LogP contribution < -0.4 is 15.5 Å². The molecule has 3 rings (SSSR count). The van der Waals surface area contributed by atoms with Crippen molar-refractivity contribution in [1.82, 2.24) is 5.32 Å². The molecule has 1 aromatic heterocycles. The third kappa shape index (κ3) is 3.71. The number of carbonyl (C=O) groups is 2. The molecule has 120 valence electrons. The van der Waals surface area contributed by atoms with Gasteiger partial charge in [0, 0.05) is 31.5 Å². The molecule has 0 bridgehead atoms. The number of hydrogen-bond donors (Lipinski definition) is 2. The Kier molecular flexibility index (Phi) is 4.34. The van der Waals surface area contributed by atoms with E-state index >= 15 is 0 Å². The van der Waals surface area contributed by atoms with E-state index in [1.807, 2.05) is 42.6 Å². The molecule has 0 saturated heterocycles. The lowest BCUT2D eigenvalue weighted by Gasteiger charge is -2.18. The van der Waals surface area contributed by atoms with Gasteiger partial charge < -0.3 is 15.5 Å². The molecule has 1 fully saturated rings. The number of thiophene rings is 1.